The monoisotopic (exact) mass is 562 g/mol. The highest BCUT2D eigenvalue weighted by Gasteiger charge is 2.33. The number of hydrogen-bond acceptors (Lipinski definition) is 6. The SMILES string of the molecule is O=C(NC1CCC(/C=N\c2nc(Nc3cc(C4CCCC4)[nH]n3)cc[nH+]2)CC1)NC1CCCC(N2CCCC2=O)C1. The number of amides is 3. The van der Waals surface area contributed by atoms with Gasteiger partial charge in [-0.05, 0) is 70.6 Å². The van der Waals surface area contributed by atoms with Crippen molar-refractivity contribution in [2.75, 3.05) is 11.9 Å². The number of carbonyl (C=O) groups is 2. The number of hydrogen-bond donors (Lipinski definition) is 4. The Balaban J connectivity index is 0.927. The molecule has 0 aromatic carbocycles. The summed E-state index contributed by atoms with van der Waals surface area (Å²) >= 11 is 0. The Bertz CT molecular complexity index is 1220. The van der Waals surface area contributed by atoms with Crippen molar-refractivity contribution in [2.24, 2.45) is 10.9 Å². The Morgan fingerprint density at radius 2 is 1.83 bits per heavy atom. The van der Waals surface area contributed by atoms with Gasteiger partial charge in [0.1, 0.15) is 0 Å². The smallest absolute Gasteiger partial charge is 0.340 e. The number of nitrogens with one attached hydrogen (secondary N) is 5. The van der Waals surface area contributed by atoms with E-state index in [0.29, 0.717) is 30.0 Å². The summed E-state index contributed by atoms with van der Waals surface area (Å²) in [6, 6.07) is 4.50. The summed E-state index contributed by atoms with van der Waals surface area (Å²) in [6.07, 6.45) is 18.3. The number of rotatable bonds is 8. The minimum Gasteiger partial charge on any atom is -0.340 e. The summed E-state index contributed by atoms with van der Waals surface area (Å²) in [4.78, 5) is 39.3. The molecule has 11 nitrogen and oxygen atoms in total. The molecule has 3 saturated carbocycles. The van der Waals surface area contributed by atoms with Gasteiger partial charge in [-0.2, -0.15) is 5.10 Å². The number of aromatic nitrogens is 4. The van der Waals surface area contributed by atoms with Gasteiger partial charge in [0.2, 0.25) is 11.7 Å². The molecule has 2 aromatic heterocycles. The number of aromatic amines is 2. The summed E-state index contributed by atoms with van der Waals surface area (Å²) in [5.74, 6) is 3.27. The molecule has 1 aliphatic heterocycles. The molecular formula is C30H44N9O2+. The van der Waals surface area contributed by atoms with Crippen LogP contribution in [0.5, 0.6) is 0 Å². The zero-order valence-corrected chi connectivity index (χ0v) is 23.9. The van der Waals surface area contributed by atoms with Gasteiger partial charge >= 0.3 is 12.0 Å². The summed E-state index contributed by atoms with van der Waals surface area (Å²) in [5, 5.41) is 17.3. The predicted octanol–water partition coefficient (Wildman–Crippen LogP) is 4.51. The Morgan fingerprint density at radius 1 is 1.00 bits per heavy atom. The molecule has 1 saturated heterocycles. The summed E-state index contributed by atoms with van der Waals surface area (Å²) < 4.78 is 0. The molecule has 0 bridgehead atoms. The zero-order chi connectivity index (χ0) is 28.0. The van der Waals surface area contributed by atoms with Gasteiger partial charge in [0.15, 0.2) is 5.82 Å². The summed E-state index contributed by atoms with van der Waals surface area (Å²) in [5.41, 5.74) is 1.20. The molecule has 2 atom stereocenters. The molecule has 11 heteroatoms. The Morgan fingerprint density at radius 3 is 2.63 bits per heavy atom. The quantitative estimate of drug-likeness (QED) is 0.350. The van der Waals surface area contributed by atoms with Crippen LogP contribution in [0.4, 0.5) is 22.4 Å². The molecule has 3 amide bonds. The lowest BCUT2D eigenvalue weighted by Crippen LogP contribution is -2.51. The predicted molar refractivity (Wildman–Crippen MR) is 156 cm³/mol. The van der Waals surface area contributed by atoms with Crippen LogP contribution < -0.4 is 20.9 Å². The van der Waals surface area contributed by atoms with Crippen LogP contribution >= 0.6 is 0 Å². The highest BCUT2D eigenvalue weighted by molar-refractivity contribution is 5.78. The molecule has 3 aliphatic carbocycles. The van der Waals surface area contributed by atoms with Crippen molar-refractivity contribution >= 4 is 35.7 Å². The number of anilines is 2. The van der Waals surface area contributed by atoms with Crippen molar-refractivity contribution in [3.8, 4) is 0 Å². The van der Waals surface area contributed by atoms with Gasteiger partial charge in [-0.25, -0.2) is 9.78 Å². The van der Waals surface area contributed by atoms with E-state index in [4.69, 9.17) is 0 Å². The second-order valence-corrected chi connectivity index (χ2v) is 12.3. The van der Waals surface area contributed by atoms with E-state index in [2.05, 4.69) is 47.2 Å². The zero-order valence-electron chi connectivity index (χ0n) is 23.9. The Kier molecular flexibility index (Phi) is 8.77. The average Bonchev–Trinajstić information content (AvgIpc) is 3.76. The molecule has 220 valence electrons. The number of nitrogens with zero attached hydrogens (tertiary/aromatic N) is 4. The Hall–Kier alpha value is -3.50. The first-order chi connectivity index (χ1) is 20.1. The highest BCUT2D eigenvalue weighted by atomic mass is 16.2. The third kappa shape index (κ3) is 7.23. The first-order valence-corrected chi connectivity index (χ1v) is 15.7. The topological polar surface area (TPSA) is 142 Å². The highest BCUT2D eigenvalue weighted by Crippen LogP contribution is 2.34. The van der Waals surface area contributed by atoms with Crippen molar-refractivity contribution in [3.05, 3.63) is 24.0 Å². The van der Waals surface area contributed by atoms with Crippen molar-refractivity contribution in [2.45, 2.75) is 114 Å². The van der Waals surface area contributed by atoms with Crippen molar-refractivity contribution < 1.29 is 14.6 Å². The van der Waals surface area contributed by atoms with Gasteiger partial charge in [0.05, 0.1) is 12.4 Å². The number of likely N-dealkylation sites (tertiary alicyclic amines) is 1. The van der Waals surface area contributed by atoms with Crippen LogP contribution in [0.1, 0.15) is 102 Å². The second kappa shape index (κ2) is 13.0. The maximum atomic E-state index is 12.7. The molecule has 41 heavy (non-hydrogen) atoms. The van der Waals surface area contributed by atoms with Gasteiger partial charge in [-0.3, -0.25) is 9.89 Å². The third-order valence-corrected chi connectivity index (χ3v) is 9.38. The summed E-state index contributed by atoms with van der Waals surface area (Å²) in [7, 11) is 0. The van der Waals surface area contributed by atoms with Crippen molar-refractivity contribution in [1.29, 1.82) is 0 Å². The van der Waals surface area contributed by atoms with E-state index in [9.17, 15) is 9.59 Å². The van der Waals surface area contributed by atoms with Crippen LogP contribution in [-0.2, 0) is 4.79 Å². The van der Waals surface area contributed by atoms with E-state index in [1.54, 1.807) is 0 Å². The summed E-state index contributed by atoms with van der Waals surface area (Å²) in [6.45, 7) is 0.873. The first kappa shape index (κ1) is 27.7. The van der Waals surface area contributed by atoms with Crippen molar-refractivity contribution in [3.63, 3.8) is 0 Å². The fraction of sp³-hybridized carbons (Fsp3) is 0.667. The molecule has 2 aromatic rings. The van der Waals surface area contributed by atoms with Crippen LogP contribution in [0.15, 0.2) is 23.3 Å². The van der Waals surface area contributed by atoms with E-state index in [1.807, 2.05) is 23.4 Å². The van der Waals surface area contributed by atoms with E-state index >= 15 is 0 Å². The van der Waals surface area contributed by atoms with Gasteiger partial charge in [-0.15, -0.1) is 0 Å². The normalized spacial score (nSPS) is 27.4. The van der Waals surface area contributed by atoms with E-state index in [0.717, 1.165) is 70.2 Å². The largest absolute Gasteiger partial charge is 0.432 e. The molecule has 5 N–H and O–H groups in total. The van der Waals surface area contributed by atoms with Crippen LogP contribution in [-0.4, -0.2) is 62.9 Å². The van der Waals surface area contributed by atoms with Gasteiger partial charge < -0.3 is 20.9 Å². The Labute approximate surface area is 241 Å². The molecule has 6 rings (SSSR count). The van der Waals surface area contributed by atoms with Crippen LogP contribution in [0.3, 0.4) is 0 Å². The van der Waals surface area contributed by atoms with Gasteiger partial charge in [0, 0.05) is 60.8 Å². The molecule has 4 aliphatic rings. The first-order valence-electron chi connectivity index (χ1n) is 15.7. The van der Waals surface area contributed by atoms with Gasteiger partial charge in [-0.1, -0.05) is 22.8 Å². The van der Waals surface area contributed by atoms with Crippen LogP contribution in [0, 0.1) is 5.92 Å². The van der Waals surface area contributed by atoms with E-state index < -0.39 is 0 Å². The minimum absolute atomic E-state index is 0.0732. The number of carbonyl (C=O) groups excluding carboxylic acids is 2. The molecule has 3 heterocycles. The average molecular weight is 563 g/mol. The third-order valence-electron chi connectivity index (χ3n) is 9.38. The van der Waals surface area contributed by atoms with E-state index in [1.165, 1.54) is 31.4 Å². The van der Waals surface area contributed by atoms with Gasteiger partial charge in [0.25, 0.3) is 0 Å². The molecular weight excluding hydrogens is 518 g/mol. The van der Waals surface area contributed by atoms with Crippen LogP contribution in [0.2, 0.25) is 0 Å². The maximum Gasteiger partial charge on any atom is 0.432 e. The number of urea groups is 1. The lowest BCUT2D eigenvalue weighted by atomic mass is 9.87. The lowest BCUT2D eigenvalue weighted by molar-refractivity contribution is -0.366. The van der Waals surface area contributed by atoms with Crippen molar-refractivity contribution in [1.82, 2.24) is 30.7 Å². The lowest BCUT2D eigenvalue weighted by Gasteiger charge is -2.36. The van der Waals surface area contributed by atoms with Crippen LogP contribution in [0.25, 0.3) is 0 Å². The standard InChI is InChI=1S/C30H43N9O2/c40-28-9-4-16-39(28)24-8-3-7-23(17-24)34-30(41)33-22-12-10-20(11-13-22)19-32-29-31-15-14-26(36-29)35-27-18-25(37-38-27)21-5-1-2-6-21/h14-15,18-24H,1-13,16-17H2,(H2,33,34,41)(H2,31,35,36,37,38)/p+1/b32-19-. The molecule has 4 fully saturated rings. The molecule has 2 unspecified atom stereocenters. The second-order valence-electron chi connectivity index (χ2n) is 12.3. The minimum atomic E-state index is -0.0732. The number of aliphatic imine (C=N–C) groups is 1. The molecule has 0 radical (unpaired) electrons. The maximum absolute atomic E-state index is 12.7. The fourth-order valence-corrected chi connectivity index (χ4v) is 7.13. The fourth-order valence-electron chi connectivity index (χ4n) is 7.13. The molecule has 0 spiro atoms. The van der Waals surface area contributed by atoms with E-state index in [-0.39, 0.29) is 30.1 Å². The number of H-pyrrole nitrogens is 2.